The Morgan fingerprint density at radius 1 is 1.44 bits per heavy atom. The molecular formula is C13H20N2O3. The number of rotatable bonds is 2. The highest BCUT2D eigenvalue weighted by molar-refractivity contribution is 5.85. The topological polar surface area (TPSA) is 84.6 Å². The van der Waals surface area contributed by atoms with Crippen molar-refractivity contribution in [3.8, 4) is 5.75 Å². The summed E-state index contributed by atoms with van der Waals surface area (Å²) in [7, 11) is 0. The van der Waals surface area contributed by atoms with E-state index in [0.717, 1.165) is 0 Å². The molecule has 0 heterocycles. The Labute approximate surface area is 107 Å². The minimum atomic E-state index is -0.560. The van der Waals surface area contributed by atoms with Gasteiger partial charge in [0.25, 0.3) is 0 Å². The number of carbonyl (C=O) groups is 1. The van der Waals surface area contributed by atoms with Gasteiger partial charge in [-0.2, -0.15) is 0 Å². The zero-order valence-corrected chi connectivity index (χ0v) is 11.2. The van der Waals surface area contributed by atoms with Gasteiger partial charge in [-0.25, -0.2) is 4.79 Å². The lowest BCUT2D eigenvalue weighted by Gasteiger charge is -2.20. The minimum absolute atomic E-state index is 0.0542. The lowest BCUT2D eigenvalue weighted by atomic mass is 10.1. The Morgan fingerprint density at radius 2 is 2.06 bits per heavy atom. The van der Waals surface area contributed by atoms with Crippen molar-refractivity contribution in [2.24, 2.45) is 5.73 Å². The molecule has 4 N–H and O–H groups in total. The molecule has 1 aromatic carbocycles. The SMILES string of the molecule is C[C@@H](N)c1ccc(NC(=O)OC(C)(C)C)cc1O. The third-order valence-electron chi connectivity index (χ3n) is 2.17. The van der Waals surface area contributed by atoms with Gasteiger partial charge in [0.05, 0.1) is 0 Å². The summed E-state index contributed by atoms with van der Waals surface area (Å²) in [6, 6.07) is 4.53. The predicted octanol–water partition coefficient (Wildman–Crippen LogP) is 2.76. The minimum Gasteiger partial charge on any atom is -0.508 e. The summed E-state index contributed by atoms with van der Waals surface area (Å²) in [4.78, 5) is 11.5. The Bertz CT molecular complexity index is 436. The molecule has 18 heavy (non-hydrogen) atoms. The number of hydrogen-bond acceptors (Lipinski definition) is 4. The van der Waals surface area contributed by atoms with Crippen LogP contribution in [0.3, 0.4) is 0 Å². The van der Waals surface area contributed by atoms with E-state index in [0.29, 0.717) is 11.3 Å². The lowest BCUT2D eigenvalue weighted by molar-refractivity contribution is 0.0636. The fourth-order valence-corrected chi connectivity index (χ4v) is 1.43. The van der Waals surface area contributed by atoms with Crippen LogP contribution in [-0.2, 0) is 4.74 Å². The number of nitrogens with two attached hydrogens (primary N) is 1. The largest absolute Gasteiger partial charge is 0.508 e. The van der Waals surface area contributed by atoms with E-state index in [9.17, 15) is 9.90 Å². The quantitative estimate of drug-likeness (QED) is 0.755. The molecule has 5 heteroatoms. The van der Waals surface area contributed by atoms with E-state index in [-0.39, 0.29) is 11.8 Å². The van der Waals surface area contributed by atoms with Gasteiger partial charge in [-0.3, -0.25) is 5.32 Å². The fourth-order valence-electron chi connectivity index (χ4n) is 1.43. The molecule has 1 atom stereocenters. The van der Waals surface area contributed by atoms with E-state index >= 15 is 0 Å². The molecule has 0 aromatic heterocycles. The molecule has 5 nitrogen and oxygen atoms in total. The number of phenols is 1. The second kappa shape index (κ2) is 5.27. The van der Waals surface area contributed by atoms with E-state index in [4.69, 9.17) is 10.5 Å². The van der Waals surface area contributed by atoms with Crippen LogP contribution in [0.1, 0.15) is 39.3 Å². The van der Waals surface area contributed by atoms with Crippen molar-refractivity contribution in [2.75, 3.05) is 5.32 Å². The van der Waals surface area contributed by atoms with Gasteiger partial charge in [-0.15, -0.1) is 0 Å². The van der Waals surface area contributed by atoms with Crippen molar-refractivity contribution in [1.29, 1.82) is 0 Å². The van der Waals surface area contributed by atoms with Gasteiger partial charge in [0.1, 0.15) is 11.4 Å². The molecule has 0 fully saturated rings. The van der Waals surface area contributed by atoms with Gasteiger partial charge < -0.3 is 15.6 Å². The summed E-state index contributed by atoms with van der Waals surface area (Å²) in [5, 5.41) is 12.3. The van der Waals surface area contributed by atoms with Gasteiger partial charge in [-0.05, 0) is 33.8 Å². The predicted molar refractivity (Wildman–Crippen MR) is 70.6 cm³/mol. The van der Waals surface area contributed by atoms with Gasteiger partial charge in [-0.1, -0.05) is 6.07 Å². The van der Waals surface area contributed by atoms with Crippen LogP contribution in [0.2, 0.25) is 0 Å². The van der Waals surface area contributed by atoms with Gasteiger partial charge >= 0.3 is 6.09 Å². The maximum atomic E-state index is 11.5. The molecule has 0 aliphatic heterocycles. The van der Waals surface area contributed by atoms with Crippen molar-refractivity contribution >= 4 is 11.8 Å². The maximum absolute atomic E-state index is 11.5. The third kappa shape index (κ3) is 4.25. The smallest absolute Gasteiger partial charge is 0.412 e. The molecule has 1 amide bonds. The molecule has 0 bridgehead atoms. The number of anilines is 1. The van der Waals surface area contributed by atoms with Gasteiger partial charge in [0.15, 0.2) is 0 Å². The molecule has 0 aliphatic carbocycles. The molecule has 1 rings (SSSR count). The first-order valence-corrected chi connectivity index (χ1v) is 5.77. The summed E-state index contributed by atoms with van der Waals surface area (Å²) in [5.74, 6) is 0.0542. The van der Waals surface area contributed by atoms with Crippen molar-refractivity contribution in [2.45, 2.75) is 39.3 Å². The number of nitrogens with one attached hydrogen (secondary N) is 1. The monoisotopic (exact) mass is 252 g/mol. The Balaban J connectivity index is 2.75. The summed E-state index contributed by atoms with van der Waals surface area (Å²) in [6.07, 6.45) is -0.560. The normalized spacial score (nSPS) is 12.9. The van der Waals surface area contributed by atoms with Crippen molar-refractivity contribution in [3.05, 3.63) is 23.8 Å². The zero-order chi connectivity index (χ0) is 13.9. The van der Waals surface area contributed by atoms with Crippen LogP contribution in [0, 0.1) is 0 Å². The van der Waals surface area contributed by atoms with Crippen molar-refractivity contribution in [1.82, 2.24) is 0 Å². The van der Waals surface area contributed by atoms with Gasteiger partial charge in [0.2, 0.25) is 0 Å². The second-order valence-electron chi connectivity index (χ2n) is 5.19. The van der Waals surface area contributed by atoms with Crippen LogP contribution in [0.25, 0.3) is 0 Å². The third-order valence-corrected chi connectivity index (χ3v) is 2.17. The molecule has 0 saturated carbocycles. The van der Waals surface area contributed by atoms with E-state index < -0.39 is 11.7 Å². The molecule has 0 unspecified atom stereocenters. The zero-order valence-electron chi connectivity index (χ0n) is 11.2. The molecule has 1 aromatic rings. The number of carbonyl (C=O) groups excluding carboxylic acids is 1. The summed E-state index contributed by atoms with van der Waals surface area (Å²) < 4.78 is 5.10. The van der Waals surface area contributed by atoms with E-state index in [1.165, 1.54) is 6.07 Å². The van der Waals surface area contributed by atoms with E-state index in [2.05, 4.69) is 5.32 Å². The molecule has 0 radical (unpaired) electrons. The molecule has 0 saturated heterocycles. The molecular weight excluding hydrogens is 232 g/mol. The molecule has 100 valence electrons. The van der Waals surface area contributed by atoms with Crippen LogP contribution in [0.4, 0.5) is 10.5 Å². The van der Waals surface area contributed by atoms with Crippen LogP contribution in [-0.4, -0.2) is 16.8 Å². The van der Waals surface area contributed by atoms with Crippen molar-refractivity contribution < 1.29 is 14.6 Å². The van der Waals surface area contributed by atoms with Crippen LogP contribution >= 0.6 is 0 Å². The highest BCUT2D eigenvalue weighted by Gasteiger charge is 2.16. The van der Waals surface area contributed by atoms with E-state index in [1.54, 1.807) is 39.8 Å². The molecule has 0 aliphatic rings. The number of benzene rings is 1. The average molecular weight is 252 g/mol. The number of phenolic OH excluding ortho intramolecular Hbond substituents is 1. The number of hydrogen-bond donors (Lipinski definition) is 3. The first-order chi connectivity index (χ1) is 8.19. The second-order valence-corrected chi connectivity index (χ2v) is 5.19. The molecule has 0 spiro atoms. The number of amides is 1. The van der Waals surface area contributed by atoms with Crippen LogP contribution in [0.15, 0.2) is 18.2 Å². The summed E-state index contributed by atoms with van der Waals surface area (Å²) in [6.45, 7) is 7.12. The number of aromatic hydroxyl groups is 1. The highest BCUT2D eigenvalue weighted by Crippen LogP contribution is 2.26. The average Bonchev–Trinajstić information content (AvgIpc) is 2.13. The van der Waals surface area contributed by atoms with Crippen LogP contribution in [0.5, 0.6) is 5.75 Å². The fraction of sp³-hybridized carbons (Fsp3) is 0.462. The Morgan fingerprint density at radius 3 is 2.50 bits per heavy atom. The maximum Gasteiger partial charge on any atom is 0.412 e. The van der Waals surface area contributed by atoms with Crippen molar-refractivity contribution in [3.63, 3.8) is 0 Å². The first kappa shape index (κ1) is 14.3. The number of ether oxygens (including phenoxy) is 1. The highest BCUT2D eigenvalue weighted by atomic mass is 16.6. The first-order valence-electron chi connectivity index (χ1n) is 5.77. The van der Waals surface area contributed by atoms with Gasteiger partial charge in [0, 0.05) is 23.4 Å². The standard InChI is InChI=1S/C13H20N2O3/c1-8(14)10-6-5-9(7-11(10)16)15-12(17)18-13(2,3)4/h5-8,16H,14H2,1-4H3,(H,15,17)/t8-/m1/s1. The Hall–Kier alpha value is -1.75. The Kier molecular flexibility index (Phi) is 4.19. The summed E-state index contributed by atoms with van der Waals surface area (Å²) >= 11 is 0. The lowest BCUT2D eigenvalue weighted by Crippen LogP contribution is -2.27. The summed E-state index contributed by atoms with van der Waals surface area (Å²) in [5.41, 5.74) is 6.21. The van der Waals surface area contributed by atoms with Crippen LogP contribution < -0.4 is 11.1 Å². The van der Waals surface area contributed by atoms with E-state index in [1.807, 2.05) is 0 Å².